The Morgan fingerprint density at radius 3 is 2.94 bits per heavy atom. The largest absolute Gasteiger partial charge is 0.394 e. The highest BCUT2D eigenvalue weighted by atomic mass is 79.9. The fraction of sp³-hybridized carbons (Fsp3) is 0.304. The average Bonchev–Trinajstić information content (AvgIpc) is 3.44. The molecule has 182 valence electrons. The van der Waals surface area contributed by atoms with Crippen LogP contribution >= 0.6 is 15.9 Å². The van der Waals surface area contributed by atoms with E-state index in [1.807, 2.05) is 0 Å². The van der Waals surface area contributed by atoms with Gasteiger partial charge < -0.3 is 26.2 Å². The molecule has 0 saturated carbocycles. The number of urea groups is 1. The molecule has 0 aliphatic carbocycles. The lowest BCUT2D eigenvalue weighted by atomic mass is 10.1. The van der Waals surface area contributed by atoms with Gasteiger partial charge in [0.1, 0.15) is 11.6 Å². The Balaban J connectivity index is 1.51. The number of hydrogen-bond acceptors (Lipinski definition) is 7. The number of nitrogens with zero attached hydrogens (tertiary/aromatic N) is 5. The van der Waals surface area contributed by atoms with Crippen molar-refractivity contribution in [3.05, 3.63) is 52.6 Å². The number of carbonyl (C=O) groups excluding carboxylic acids is 1. The quantitative estimate of drug-likeness (QED) is 0.310. The zero-order valence-corrected chi connectivity index (χ0v) is 20.3. The lowest BCUT2D eigenvalue weighted by Crippen LogP contribution is -2.45. The molecule has 1 saturated heterocycles. The van der Waals surface area contributed by atoms with Gasteiger partial charge in [-0.1, -0.05) is 0 Å². The first-order valence-electron chi connectivity index (χ1n) is 11.0. The van der Waals surface area contributed by atoms with Gasteiger partial charge in [0, 0.05) is 29.3 Å². The second-order valence-corrected chi connectivity index (χ2v) is 9.39. The molecule has 4 aromatic rings. The van der Waals surface area contributed by atoms with Crippen LogP contribution in [0.4, 0.5) is 15.0 Å². The van der Waals surface area contributed by atoms with Gasteiger partial charge in [0.05, 0.1) is 46.7 Å². The second kappa shape index (κ2) is 9.02. The molecular weight excluding hydrogens is 521 g/mol. The Kier molecular flexibility index (Phi) is 6.03. The van der Waals surface area contributed by atoms with Crippen LogP contribution in [0, 0.1) is 5.82 Å². The Labute approximate surface area is 207 Å². The number of likely N-dealkylation sites (tertiary alicyclic amines) is 1. The number of β-amino-alcohol motifs (C(OH)–C–C–N with tert-alkyl or cyclic N) is 1. The minimum absolute atomic E-state index is 0.141. The van der Waals surface area contributed by atoms with Gasteiger partial charge in [-0.3, -0.25) is 4.98 Å². The molecule has 35 heavy (non-hydrogen) atoms. The number of aliphatic hydroxyl groups is 2. The molecule has 1 aromatic carbocycles. The molecular formula is C23H23BrFN7O3. The van der Waals surface area contributed by atoms with Crippen molar-refractivity contribution in [2.75, 3.05) is 18.9 Å². The number of aliphatic hydroxyl groups excluding tert-OH is 2. The van der Waals surface area contributed by atoms with Crippen molar-refractivity contribution in [3.63, 3.8) is 0 Å². The summed E-state index contributed by atoms with van der Waals surface area (Å²) in [4.78, 5) is 23.4. The van der Waals surface area contributed by atoms with Crippen LogP contribution in [0.3, 0.4) is 0 Å². The van der Waals surface area contributed by atoms with Crippen LogP contribution in [-0.2, 0) is 0 Å². The first-order valence-corrected chi connectivity index (χ1v) is 11.8. The number of nitrogens with one attached hydrogen (secondary N) is 1. The third-order valence-electron chi connectivity index (χ3n) is 6.22. The summed E-state index contributed by atoms with van der Waals surface area (Å²) in [6, 6.07) is 4.75. The summed E-state index contributed by atoms with van der Waals surface area (Å²) >= 11 is 3.47. The number of nitrogens with two attached hydrogens (primary N) is 1. The molecule has 5 N–H and O–H groups in total. The van der Waals surface area contributed by atoms with Crippen molar-refractivity contribution in [2.24, 2.45) is 0 Å². The number of pyridine rings is 1. The molecule has 1 fully saturated rings. The van der Waals surface area contributed by atoms with Gasteiger partial charge in [-0.15, -0.1) is 0 Å². The van der Waals surface area contributed by atoms with E-state index in [0.717, 1.165) is 0 Å². The number of hydrogen-bond donors (Lipinski definition) is 4. The zero-order chi connectivity index (χ0) is 24.9. The summed E-state index contributed by atoms with van der Waals surface area (Å²) in [5.41, 5.74) is 9.25. The van der Waals surface area contributed by atoms with Crippen LogP contribution in [0.1, 0.15) is 25.1 Å². The lowest BCUT2D eigenvalue weighted by Gasteiger charge is -2.25. The fourth-order valence-corrected chi connectivity index (χ4v) is 5.00. The molecule has 10 nitrogen and oxygen atoms in total. The average molecular weight is 544 g/mol. The number of aromatic nitrogens is 4. The molecule has 1 aliphatic heterocycles. The van der Waals surface area contributed by atoms with Gasteiger partial charge in [-0.05, 0) is 53.5 Å². The van der Waals surface area contributed by atoms with E-state index in [1.54, 1.807) is 31.5 Å². The van der Waals surface area contributed by atoms with E-state index < -0.39 is 24.2 Å². The second-order valence-electron chi connectivity index (χ2n) is 8.60. The van der Waals surface area contributed by atoms with E-state index >= 15 is 0 Å². The van der Waals surface area contributed by atoms with Crippen LogP contribution in [0.5, 0.6) is 0 Å². The van der Waals surface area contributed by atoms with E-state index in [2.05, 4.69) is 31.3 Å². The molecule has 0 radical (unpaired) electrons. The van der Waals surface area contributed by atoms with E-state index in [0.29, 0.717) is 50.1 Å². The Hall–Kier alpha value is -3.35. The Bertz CT molecular complexity index is 1450. The number of anilines is 1. The first-order chi connectivity index (χ1) is 16.8. The van der Waals surface area contributed by atoms with E-state index in [1.165, 1.54) is 21.5 Å². The van der Waals surface area contributed by atoms with Crippen molar-refractivity contribution < 1.29 is 19.4 Å². The summed E-state index contributed by atoms with van der Waals surface area (Å²) in [6.45, 7) is 1.67. The van der Waals surface area contributed by atoms with Crippen molar-refractivity contribution in [2.45, 2.75) is 31.5 Å². The van der Waals surface area contributed by atoms with Crippen LogP contribution < -0.4 is 11.1 Å². The van der Waals surface area contributed by atoms with Gasteiger partial charge in [-0.25, -0.2) is 14.2 Å². The van der Waals surface area contributed by atoms with Crippen LogP contribution in [0.15, 0.2) is 41.1 Å². The van der Waals surface area contributed by atoms with Crippen LogP contribution in [-0.4, -0.2) is 66.0 Å². The molecule has 0 bridgehead atoms. The SMILES string of the molecule is CC(NC(=O)N1C[C@H](O)C[C@H]1CO)c1nc2c(-c3cnc4ccc(F)cc4c3)cnn2c(N)c1Br. The lowest BCUT2D eigenvalue weighted by molar-refractivity contribution is 0.152. The summed E-state index contributed by atoms with van der Waals surface area (Å²) in [6.07, 6.45) is 2.92. The van der Waals surface area contributed by atoms with E-state index in [4.69, 9.17) is 10.7 Å². The summed E-state index contributed by atoms with van der Waals surface area (Å²) in [7, 11) is 0. The number of nitrogen functional groups attached to an aromatic ring is 1. The molecule has 4 heterocycles. The van der Waals surface area contributed by atoms with Crippen molar-refractivity contribution in [1.29, 1.82) is 0 Å². The third kappa shape index (κ3) is 4.17. The summed E-state index contributed by atoms with van der Waals surface area (Å²) < 4.78 is 15.7. The Morgan fingerprint density at radius 1 is 1.37 bits per heavy atom. The van der Waals surface area contributed by atoms with Crippen LogP contribution in [0.25, 0.3) is 27.7 Å². The molecule has 3 atom stereocenters. The minimum atomic E-state index is -0.677. The normalized spacial score (nSPS) is 18.9. The summed E-state index contributed by atoms with van der Waals surface area (Å²) in [5, 5.41) is 27.3. The smallest absolute Gasteiger partial charge is 0.318 e. The van der Waals surface area contributed by atoms with Crippen molar-refractivity contribution in [1.82, 2.24) is 29.8 Å². The highest BCUT2D eigenvalue weighted by Crippen LogP contribution is 2.33. The van der Waals surface area contributed by atoms with Gasteiger partial charge in [0.15, 0.2) is 5.65 Å². The number of carbonyl (C=O) groups is 1. The highest BCUT2D eigenvalue weighted by molar-refractivity contribution is 9.10. The highest BCUT2D eigenvalue weighted by Gasteiger charge is 2.34. The molecule has 2 amide bonds. The molecule has 12 heteroatoms. The van der Waals surface area contributed by atoms with Gasteiger partial charge in [-0.2, -0.15) is 9.61 Å². The number of rotatable bonds is 4. The first kappa shape index (κ1) is 23.4. The maximum Gasteiger partial charge on any atom is 0.318 e. The third-order valence-corrected chi connectivity index (χ3v) is 7.03. The molecule has 1 unspecified atom stereocenters. The van der Waals surface area contributed by atoms with E-state index in [9.17, 15) is 19.4 Å². The predicted molar refractivity (Wildman–Crippen MR) is 131 cm³/mol. The van der Waals surface area contributed by atoms with Crippen molar-refractivity contribution >= 4 is 44.3 Å². The Morgan fingerprint density at radius 2 is 2.17 bits per heavy atom. The number of halogens is 2. The van der Waals surface area contributed by atoms with E-state index in [-0.39, 0.29) is 19.0 Å². The number of fused-ring (bicyclic) bond motifs is 2. The van der Waals surface area contributed by atoms with Crippen LogP contribution in [0.2, 0.25) is 0 Å². The monoisotopic (exact) mass is 543 g/mol. The maximum absolute atomic E-state index is 13.7. The zero-order valence-electron chi connectivity index (χ0n) is 18.7. The molecule has 3 aromatic heterocycles. The molecule has 0 spiro atoms. The van der Waals surface area contributed by atoms with Gasteiger partial charge in [0.25, 0.3) is 0 Å². The van der Waals surface area contributed by atoms with Gasteiger partial charge >= 0.3 is 6.03 Å². The molecule has 1 aliphatic rings. The fourth-order valence-electron chi connectivity index (χ4n) is 4.40. The maximum atomic E-state index is 13.7. The standard InChI is InChI=1S/C23H23BrFN7O3/c1-11(29-23(35)31-9-16(34)6-15(31)10-33)20-19(24)21(26)32-22(30-20)17(8-28-32)13-4-12-5-14(25)2-3-18(12)27-7-13/h2-5,7-8,11,15-16,33-34H,6,9-10,26H2,1H3,(H,29,35)/t11?,15-,16+/m0/s1. The van der Waals surface area contributed by atoms with Crippen molar-refractivity contribution in [3.8, 4) is 11.1 Å². The minimum Gasteiger partial charge on any atom is -0.394 e. The number of benzene rings is 1. The molecule has 5 rings (SSSR count). The number of amides is 2. The predicted octanol–water partition coefficient (Wildman–Crippen LogP) is 2.63. The van der Waals surface area contributed by atoms with Gasteiger partial charge in [0.2, 0.25) is 0 Å². The topological polar surface area (TPSA) is 142 Å². The summed E-state index contributed by atoms with van der Waals surface area (Å²) in [5.74, 6) is -0.0644.